The highest BCUT2D eigenvalue weighted by Gasteiger charge is 2.14. The second-order valence-electron chi connectivity index (χ2n) is 5.27. The Hall–Kier alpha value is -1.16. The molecular weight excluding hydrogens is 264 g/mol. The van der Waals surface area contributed by atoms with Crippen LogP contribution in [0.4, 0.5) is 0 Å². The van der Waals surface area contributed by atoms with Gasteiger partial charge in [0.25, 0.3) is 0 Å². The van der Waals surface area contributed by atoms with Crippen molar-refractivity contribution in [2.75, 3.05) is 6.54 Å². The molecule has 108 valence electrons. The lowest BCUT2D eigenvalue weighted by molar-refractivity contribution is 0.435. The van der Waals surface area contributed by atoms with Gasteiger partial charge < -0.3 is 11.1 Å². The minimum Gasteiger partial charge on any atom is -0.324 e. The maximum absolute atomic E-state index is 6.32. The predicted octanol–water partition coefficient (Wildman–Crippen LogP) is 3.74. The van der Waals surface area contributed by atoms with Crippen LogP contribution >= 0.6 is 11.3 Å². The third kappa shape index (κ3) is 3.92. The summed E-state index contributed by atoms with van der Waals surface area (Å²) in [7, 11) is 0. The first kappa shape index (κ1) is 15.2. The molecule has 0 spiro atoms. The maximum Gasteiger partial charge on any atom is 0.0333 e. The quantitative estimate of drug-likeness (QED) is 0.814. The van der Waals surface area contributed by atoms with Gasteiger partial charge in [-0.25, -0.2) is 0 Å². The van der Waals surface area contributed by atoms with E-state index < -0.39 is 0 Å². The van der Waals surface area contributed by atoms with Gasteiger partial charge in [0.2, 0.25) is 0 Å². The standard InChI is InChI=1S/C17H24N2S/c1-3-14-9-10-20-16(14)12-19-11-13(2)17(18)15-7-5-4-6-8-15/h4-10,13,17,19H,3,11-12,18H2,1-2H3. The molecule has 0 radical (unpaired) electrons. The minimum atomic E-state index is 0.0951. The van der Waals surface area contributed by atoms with Crippen LogP contribution in [-0.2, 0) is 13.0 Å². The number of rotatable bonds is 7. The smallest absolute Gasteiger partial charge is 0.0333 e. The van der Waals surface area contributed by atoms with Crippen LogP contribution in [0.15, 0.2) is 41.8 Å². The van der Waals surface area contributed by atoms with E-state index in [2.05, 4.69) is 54.9 Å². The van der Waals surface area contributed by atoms with Crippen molar-refractivity contribution < 1.29 is 0 Å². The van der Waals surface area contributed by atoms with Crippen LogP contribution < -0.4 is 11.1 Å². The largest absolute Gasteiger partial charge is 0.324 e. The van der Waals surface area contributed by atoms with Gasteiger partial charge in [0.1, 0.15) is 0 Å². The van der Waals surface area contributed by atoms with Crippen molar-refractivity contribution in [3.63, 3.8) is 0 Å². The minimum absolute atomic E-state index is 0.0951. The normalized spacial score (nSPS) is 14.2. The zero-order valence-corrected chi connectivity index (χ0v) is 13.1. The fourth-order valence-electron chi connectivity index (χ4n) is 2.38. The predicted molar refractivity (Wildman–Crippen MR) is 87.9 cm³/mol. The molecule has 2 unspecified atom stereocenters. The lowest BCUT2D eigenvalue weighted by Gasteiger charge is -2.20. The Labute approximate surface area is 126 Å². The molecule has 1 heterocycles. The van der Waals surface area contributed by atoms with Gasteiger partial charge in [0, 0.05) is 17.5 Å². The first-order valence-corrected chi connectivity index (χ1v) is 8.16. The summed E-state index contributed by atoms with van der Waals surface area (Å²) in [6, 6.07) is 12.7. The van der Waals surface area contributed by atoms with E-state index in [1.807, 2.05) is 17.4 Å². The molecule has 1 aromatic heterocycles. The van der Waals surface area contributed by atoms with Gasteiger partial charge in [-0.3, -0.25) is 0 Å². The van der Waals surface area contributed by atoms with Gasteiger partial charge in [0.05, 0.1) is 0 Å². The number of nitrogens with two attached hydrogens (primary N) is 1. The van der Waals surface area contributed by atoms with Crippen molar-refractivity contribution in [1.82, 2.24) is 5.32 Å². The van der Waals surface area contributed by atoms with E-state index >= 15 is 0 Å². The number of hydrogen-bond acceptors (Lipinski definition) is 3. The highest BCUT2D eigenvalue weighted by molar-refractivity contribution is 7.10. The molecule has 0 amide bonds. The van der Waals surface area contributed by atoms with Crippen LogP contribution in [0.1, 0.15) is 35.9 Å². The second-order valence-corrected chi connectivity index (χ2v) is 6.27. The fourth-order valence-corrected chi connectivity index (χ4v) is 3.33. The fraction of sp³-hybridized carbons (Fsp3) is 0.412. The molecule has 20 heavy (non-hydrogen) atoms. The number of aryl methyl sites for hydroxylation is 1. The van der Waals surface area contributed by atoms with E-state index in [0.29, 0.717) is 5.92 Å². The first-order chi connectivity index (χ1) is 9.72. The van der Waals surface area contributed by atoms with E-state index in [9.17, 15) is 0 Å². The van der Waals surface area contributed by atoms with Crippen molar-refractivity contribution in [3.05, 3.63) is 57.8 Å². The van der Waals surface area contributed by atoms with Crippen molar-refractivity contribution >= 4 is 11.3 Å². The summed E-state index contributed by atoms with van der Waals surface area (Å²) in [6.07, 6.45) is 1.11. The topological polar surface area (TPSA) is 38.0 Å². The van der Waals surface area contributed by atoms with E-state index in [-0.39, 0.29) is 6.04 Å². The molecule has 2 atom stereocenters. The highest BCUT2D eigenvalue weighted by atomic mass is 32.1. The van der Waals surface area contributed by atoms with Gasteiger partial charge in [-0.2, -0.15) is 0 Å². The van der Waals surface area contributed by atoms with Crippen molar-refractivity contribution in [3.8, 4) is 0 Å². The summed E-state index contributed by atoms with van der Waals surface area (Å²) in [5.74, 6) is 0.419. The van der Waals surface area contributed by atoms with E-state index in [4.69, 9.17) is 5.73 Å². The van der Waals surface area contributed by atoms with Crippen LogP contribution in [0, 0.1) is 5.92 Å². The third-order valence-corrected chi connectivity index (χ3v) is 4.73. The van der Waals surface area contributed by atoms with Gasteiger partial charge in [-0.1, -0.05) is 44.2 Å². The lowest BCUT2D eigenvalue weighted by atomic mass is 9.95. The average Bonchev–Trinajstić information content (AvgIpc) is 2.94. The Morgan fingerprint density at radius 2 is 1.95 bits per heavy atom. The number of nitrogens with one attached hydrogen (secondary N) is 1. The van der Waals surface area contributed by atoms with Gasteiger partial charge in [-0.05, 0) is 41.5 Å². The van der Waals surface area contributed by atoms with Gasteiger partial charge >= 0.3 is 0 Å². The summed E-state index contributed by atoms with van der Waals surface area (Å²) in [4.78, 5) is 1.45. The van der Waals surface area contributed by atoms with Crippen LogP contribution in [-0.4, -0.2) is 6.54 Å². The Bertz CT molecular complexity index is 507. The van der Waals surface area contributed by atoms with Crippen molar-refractivity contribution in [1.29, 1.82) is 0 Å². The molecule has 0 aliphatic rings. The second kappa shape index (κ2) is 7.58. The van der Waals surface area contributed by atoms with E-state index in [0.717, 1.165) is 19.5 Å². The highest BCUT2D eigenvalue weighted by Crippen LogP contribution is 2.20. The Kier molecular flexibility index (Phi) is 5.77. The zero-order chi connectivity index (χ0) is 14.4. The van der Waals surface area contributed by atoms with Crippen molar-refractivity contribution in [2.24, 2.45) is 11.7 Å². The monoisotopic (exact) mass is 288 g/mol. The molecular formula is C17H24N2S. The molecule has 2 nitrogen and oxygen atoms in total. The summed E-state index contributed by atoms with van der Waals surface area (Å²) in [6.45, 7) is 6.31. The molecule has 0 saturated carbocycles. The SMILES string of the molecule is CCc1ccsc1CNCC(C)C(N)c1ccccc1. The summed E-state index contributed by atoms with van der Waals surface area (Å²) in [5, 5.41) is 5.72. The summed E-state index contributed by atoms with van der Waals surface area (Å²) < 4.78 is 0. The maximum atomic E-state index is 6.32. The number of benzene rings is 1. The molecule has 0 fully saturated rings. The molecule has 2 aromatic rings. The first-order valence-electron chi connectivity index (χ1n) is 7.28. The molecule has 0 saturated heterocycles. The van der Waals surface area contributed by atoms with Gasteiger partial charge in [-0.15, -0.1) is 11.3 Å². The molecule has 3 N–H and O–H groups in total. The Balaban J connectivity index is 1.82. The molecule has 2 rings (SSSR count). The zero-order valence-electron chi connectivity index (χ0n) is 12.3. The van der Waals surface area contributed by atoms with Crippen molar-refractivity contribution in [2.45, 2.75) is 32.9 Å². The van der Waals surface area contributed by atoms with E-state index in [1.165, 1.54) is 16.0 Å². The molecule has 0 bridgehead atoms. The Morgan fingerprint density at radius 1 is 1.20 bits per heavy atom. The van der Waals surface area contributed by atoms with Gasteiger partial charge in [0.15, 0.2) is 0 Å². The molecule has 0 aliphatic heterocycles. The summed E-state index contributed by atoms with van der Waals surface area (Å²) in [5.41, 5.74) is 8.99. The molecule has 3 heteroatoms. The van der Waals surface area contributed by atoms with Crippen LogP contribution in [0.3, 0.4) is 0 Å². The molecule has 1 aromatic carbocycles. The van der Waals surface area contributed by atoms with Crippen LogP contribution in [0.2, 0.25) is 0 Å². The third-order valence-electron chi connectivity index (χ3n) is 3.77. The van der Waals surface area contributed by atoms with E-state index in [1.54, 1.807) is 0 Å². The van der Waals surface area contributed by atoms with Crippen LogP contribution in [0.25, 0.3) is 0 Å². The average molecular weight is 288 g/mol. The molecule has 0 aliphatic carbocycles. The Morgan fingerprint density at radius 3 is 2.65 bits per heavy atom. The van der Waals surface area contributed by atoms with Crippen LogP contribution in [0.5, 0.6) is 0 Å². The number of thiophene rings is 1. The summed E-state index contributed by atoms with van der Waals surface area (Å²) >= 11 is 1.84. The lowest BCUT2D eigenvalue weighted by Crippen LogP contribution is -2.29. The number of hydrogen-bond donors (Lipinski definition) is 2.